The van der Waals surface area contributed by atoms with E-state index >= 15 is 0 Å². The molecule has 0 aliphatic carbocycles. The Hall–Kier alpha value is -3.26. The zero-order valence-corrected chi connectivity index (χ0v) is 15.2. The first-order valence-electron chi connectivity index (χ1n) is 8.51. The molecule has 1 heterocycles. The minimum atomic E-state index is -0.662. The average Bonchev–Trinajstić information content (AvgIpc) is 2.66. The lowest BCUT2D eigenvalue weighted by molar-refractivity contribution is -0.125. The summed E-state index contributed by atoms with van der Waals surface area (Å²) in [6.07, 6.45) is 3.07. The highest BCUT2D eigenvalue weighted by molar-refractivity contribution is 6.04. The van der Waals surface area contributed by atoms with Crippen LogP contribution in [-0.4, -0.2) is 35.3 Å². The molecular formula is C19H23N5O3. The number of aromatic nitrogens is 1. The van der Waals surface area contributed by atoms with Gasteiger partial charge in [-0.05, 0) is 36.2 Å². The molecule has 8 nitrogen and oxygen atoms in total. The Bertz CT molecular complexity index is 808. The second kappa shape index (κ2) is 9.44. The monoisotopic (exact) mass is 369 g/mol. The molecule has 0 aliphatic heterocycles. The minimum absolute atomic E-state index is 0.0197. The van der Waals surface area contributed by atoms with Crippen molar-refractivity contribution in [3.05, 3.63) is 54.4 Å². The van der Waals surface area contributed by atoms with Gasteiger partial charge in [0, 0.05) is 29.3 Å². The maximum atomic E-state index is 12.2. The summed E-state index contributed by atoms with van der Waals surface area (Å²) in [4.78, 5) is 39.8. The van der Waals surface area contributed by atoms with Crippen LogP contribution in [-0.2, 0) is 9.59 Å². The van der Waals surface area contributed by atoms with E-state index in [0.29, 0.717) is 16.9 Å². The predicted octanol–water partition coefficient (Wildman–Crippen LogP) is 1.37. The largest absolute Gasteiger partial charge is 0.346 e. The summed E-state index contributed by atoms with van der Waals surface area (Å²) in [6, 6.07) is 9.25. The fraction of sp³-hybridized carbons (Fsp3) is 0.263. The standard InChI is InChI=1S/C19H23N5O3/c1-12(2)17(20)19(27)22-11-16(25)23-14-4-3-5-15(10-14)24-18(26)13-6-8-21-9-7-13/h3-10,12,17H,11,20H2,1-2H3,(H,22,27)(H,23,25)(H,24,26)/t17-/m0/s1. The van der Waals surface area contributed by atoms with Crippen molar-refractivity contribution < 1.29 is 14.4 Å². The van der Waals surface area contributed by atoms with E-state index in [-0.39, 0.29) is 24.3 Å². The third kappa shape index (κ3) is 6.19. The van der Waals surface area contributed by atoms with Gasteiger partial charge in [0.25, 0.3) is 5.91 Å². The zero-order valence-electron chi connectivity index (χ0n) is 15.2. The fourth-order valence-electron chi connectivity index (χ4n) is 2.17. The van der Waals surface area contributed by atoms with Crippen molar-refractivity contribution in [2.45, 2.75) is 19.9 Å². The summed E-state index contributed by atoms with van der Waals surface area (Å²) in [7, 11) is 0. The number of nitrogens with zero attached hydrogens (tertiary/aromatic N) is 1. The molecule has 142 valence electrons. The van der Waals surface area contributed by atoms with E-state index in [1.807, 2.05) is 13.8 Å². The van der Waals surface area contributed by atoms with Crippen molar-refractivity contribution in [1.82, 2.24) is 10.3 Å². The number of benzene rings is 1. The van der Waals surface area contributed by atoms with Gasteiger partial charge in [-0.1, -0.05) is 19.9 Å². The molecule has 0 saturated carbocycles. The second-order valence-corrected chi connectivity index (χ2v) is 6.31. The van der Waals surface area contributed by atoms with E-state index in [1.165, 1.54) is 12.4 Å². The Kier molecular flexibility index (Phi) is 7.01. The Morgan fingerprint density at radius 2 is 1.67 bits per heavy atom. The number of hydrogen-bond acceptors (Lipinski definition) is 5. The van der Waals surface area contributed by atoms with Crippen LogP contribution in [0.15, 0.2) is 48.8 Å². The molecule has 0 fully saturated rings. The van der Waals surface area contributed by atoms with E-state index in [9.17, 15) is 14.4 Å². The van der Waals surface area contributed by atoms with Crippen LogP contribution in [0.3, 0.4) is 0 Å². The number of carbonyl (C=O) groups is 3. The van der Waals surface area contributed by atoms with Gasteiger partial charge in [-0.25, -0.2) is 0 Å². The molecular weight excluding hydrogens is 346 g/mol. The van der Waals surface area contributed by atoms with E-state index < -0.39 is 11.9 Å². The lowest BCUT2D eigenvalue weighted by Gasteiger charge is -2.15. The van der Waals surface area contributed by atoms with E-state index in [1.54, 1.807) is 36.4 Å². The van der Waals surface area contributed by atoms with Crippen LogP contribution in [0.2, 0.25) is 0 Å². The number of pyridine rings is 1. The first-order chi connectivity index (χ1) is 12.9. The van der Waals surface area contributed by atoms with Gasteiger partial charge in [-0.2, -0.15) is 0 Å². The van der Waals surface area contributed by atoms with Gasteiger partial charge in [0.2, 0.25) is 11.8 Å². The molecule has 8 heteroatoms. The molecule has 5 N–H and O–H groups in total. The van der Waals surface area contributed by atoms with E-state index in [2.05, 4.69) is 20.9 Å². The van der Waals surface area contributed by atoms with Crippen LogP contribution in [0, 0.1) is 5.92 Å². The molecule has 1 atom stereocenters. The molecule has 1 aromatic carbocycles. The van der Waals surface area contributed by atoms with Crippen molar-refractivity contribution in [3.63, 3.8) is 0 Å². The normalized spacial score (nSPS) is 11.6. The fourth-order valence-corrected chi connectivity index (χ4v) is 2.17. The molecule has 27 heavy (non-hydrogen) atoms. The van der Waals surface area contributed by atoms with Crippen LogP contribution in [0.25, 0.3) is 0 Å². The highest BCUT2D eigenvalue weighted by Gasteiger charge is 2.17. The van der Waals surface area contributed by atoms with Crippen molar-refractivity contribution in [2.24, 2.45) is 11.7 Å². The summed E-state index contributed by atoms with van der Waals surface area (Å²) in [5, 5.41) is 7.91. The van der Waals surface area contributed by atoms with Gasteiger partial charge in [-0.3, -0.25) is 19.4 Å². The Balaban J connectivity index is 1.90. The Labute approximate surface area is 157 Å². The lowest BCUT2D eigenvalue weighted by Crippen LogP contribution is -2.46. The average molecular weight is 369 g/mol. The first kappa shape index (κ1) is 20.1. The van der Waals surface area contributed by atoms with E-state index in [0.717, 1.165) is 0 Å². The van der Waals surface area contributed by atoms with Crippen molar-refractivity contribution in [1.29, 1.82) is 0 Å². The summed E-state index contributed by atoms with van der Waals surface area (Å²) in [5.41, 5.74) is 7.22. The third-order valence-corrected chi connectivity index (χ3v) is 3.79. The maximum absolute atomic E-state index is 12.2. The number of anilines is 2. The highest BCUT2D eigenvalue weighted by Crippen LogP contribution is 2.16. The van der Waals surface area contributed by atoms with E-state index in [4.69, 9.17) is 5.73 Å². The molecule has 0 saturated heterocycles. The molecule has 0 aliphatic rings. The van der Waals surface area contributed by atoms with Crippen LogP contribution >= 0.6 is 0 Å². The van der Waals surface area contributed by atoms with Gasteiger partial charge in [0.05, 0.1) is 12.6 Å². The second-order valence-electron chi connectivity index (χ2n) is 6.31. The predicted molar refractivity (Wildman–Crippen MR) is 103 cm³/mol. The van der Waals surface area contributed by atoms with Crippen LogP contribution < -0.4 is 21.7 Å². The van der Waals surface area contributed by atoms with Crippen molar-refractivity contribution in [3.8, 4) is 0 Å². The Morgan fingerprint density at radius 1 is 1.04 bits per heavy atom. The van der Waals surface area contributed by atoms with Crippen molar-refractivity contribution in [2.75, 3.05) is 17.2 Å². The van der Waals surface area contributed by atoms with Gasteiger partial charge in [0.15, 0.2) is 0 Å². The van der Waals surface area contributed by atoms with Gasteiger partial charge >= 0.3 is 0 Å². The van der Waals surface area contributed by atoms with Gasteiger partial charge in [0.1, 0.15) is 0 Å². The summed E-state index contributed by atoms with van der Waals surface area (Å²) < 4.78 is 0. The summed E-state index contributed by atoms with van der Waals surface area (Å²) in [6.45, 7) is 3.47. The molecule has 0 bridgehead atoms. The number of carbonyl (C=O) groups excluding carboxylic acids is 3. The number of rotatable bonds is 7. The Morgan fingerprint density at radius 3 is 2.30 bits per heavy atom. The molecule has 1 aromatic heterocycles. The molecule has 3 amide bonds. The van der Waals surface area contributed by atoms with Crippen LogP contribution in [0.4, 0.5) is 11.4 Å². The summed E-state index contributed by atoms with van der Waals surface area (Å²) >= 11 is 0. The molecule has 0 unspecified atom stereocenters. The lowest BCUT2D eigenvalue weighted by atomic mass is 10.1. The topological polar surface area (TPSA) is 126 Å². The molecule has 0 spiro atoms. The number of nitrogens with one attached hydrogen (secondary N) is 3. The SMILES string of the molecule is CC(C)[C@H](N)C(=O)NCC(=O)Nc1cccc(NC(=O)c2ccncc2)c1. The summed E-state index contributed by atoms with van der Waals surface area (Å²) in [5.74, 6) is -1.07. The highest BCUT2D eigenvalue weighted by atomic mass is 16.2. The first-order valence-corrected chi connectivity index (χ1v) is 8.51. The quantitative estimate of drug-likeness (QED) is 0.586. The number of nitrogens with two attached hydrogens (primary N) is 1. The number of amides is 3. The molecule has 2 rings (SSSR count). The number of hydrogen-bond donors (Lipinski definition) is 4. The third-order valence-electron chi connectivity index (χ3n) is 3.79. The van der Waals surface area contributed by atoms with Crippen molar-refractivity contribution >= 4 is 29.1 Å². The smallest absolute Gasteiger partial charge is 0.255 e. The maximum Gasteiger partial charge on any atom is 0.255 e. The molecule has 2 aromatic rings. The van der Waals surface area contributed by atoms with Gasteiger partial charge < -0.3 is 21.7 Å². The van der Waals surface area contributed by atoms with Crippen LogP contribution in [0.1, 0.15) is 24.2 Å². The van der Waals surface area contributed by atoms with Gasteiger partial charge in [-0.15, -0.1) is 0 Å². The minimum Gasteiger partial charge on any atom is -0.346 e. The van der Waals surface area contributed by atoms with Crippen LogP contribution in [0.5, 0.6) is 0 Å². The zero-order chi connectivity index (χ0) is 19.8. The molecule has 0 radical (unpaired) electrons.